The summed E-state index contributed by atoms with van der Waals surface area (Å²) < 4.78 is 13.1. The van der Waals surface area contributed by atoms with Gasteiger partial charge in [0.1, 0.15) is 18.1 Å². The Morgan fingerprint density at radius 1 is 1.53 bits per heavy atom. The number of rotatable bonds is 6. The summed E-state index contributed by atoms with van der Waals surface area (Å²) in [6.07, 6.45) is 6.12. The van der Waals surface area contributed by atoms with Gasteiger partial charge < -0.3 is 14.5 Å². The lowest BCUT2D eigenvalue weighted by molar-refractivity contribution is 0.264. The van der Waals surface area contributed by atoms with E-state index < -0.39 is 0 Å². The van der Waals surface area contributed by atoms with Gasteiger partial charge in [-0.15, -0.1) is 0 Å². The van der Waals surface area contributed by atoms with Crippen LogP contribution in [0.15, 0.2) is 22.9 Å². The molecule has 1 saturated carbocycles. The molecule has 0 spiro atoms. The van der Waals surface area contributed by atoms with Crippen molar-refractivity contribution < 1.29 is 9.15 Å². The van der Waals surface area contributed by atoms with Crippen LogP contribution < -0.4 is 10.1 Å². The first-order valence-electron chi connectivity index (χ1n) is 6.64. The molecule has 19 heavy (non-hydrogen) atoms. The van der Waals surface area contributed by atoms with E-state index in [1.807, 2.05) is 19.3 Å². The molecule has 5 nitrogen and oxygen atoms in total. The van der Waals surface area contributed by atoms with Gasteiger partial charge >= 0.3 is 0 Å². The second kappa shape index (κ2) is 5.09. The van der Waals surface area contributed by atoms with Gasteiger partial charge in [-0.1, -0.05) is 0 Å². The Bertz CT molecular complexity index is 555. The predicted octanol–water partition coefficient (Wildman–Crippen LogP) is 2.15. The van der Waals surface area contributed by atoms with Crippen LogP contribution >= 0.6 is 0 Å². The molecule has 0 bridgehead atoms. The quantitative estimate of drug-likeness (QED) is 0.865. The summed E-state index contributed by atoms with van der Waals surface area (Å²) in [6.45, 7) is 3.32. The molecule has 0 unspecified atom stereocenters. The minimum absolute atomic E-state index is 0.440. The molecule has 1 aliphatic carbocycles. The van der Waals surface area contributed by atoms with Gasteiger partial charge in [-0.3, -0.25) is 4.68 Å². The average molecular weight is 261 g/mol. The Labute approximate surface area is 112 Å². The van der Waals surface area contributed by atoms with Crippen molar-refractivity contribution in [3.63, 3.8) is 0 Å². The van der Waals surface area contributed by atoms with E-state index in [2.05, 4.69) is 17.3 Å². The lowest BCUT2D eigenvalue weighted by Gasteiger charge is -2.01. The fourth-order valence-electron chi connectivity index (χ4n) is 1.99. The summed E-state index contributed by atoms with van der Waals surface area (Å²) in [5, 5.41) is 7.51. The standard InChI is InChI=1S/C14H19N3O2/c1-10-5-12(9-18-13-6-16-17(2)8-13)19-14(10)7-15-11-3-4-11/h5-6,8,11,15H,3-4,7,9H2,1-2H3. The number of furan rings is 1. The highest BCUT2D eigenvalue weighted by Gasteiger charge is 2.21. The van der Waals surface area contributed by atoms with Crippen LogP contribution in [0.3, 0.4) is 0 Å². The van der Waals surface area contributed by atoms with Crippen LogP contribution in [0.2, 0.25) is 0 Å². The van der Waals surface area contributed by atoms with Gasteiger partial charge in [0.15, 0.2) is 5.75 Å². The maximum Gasteiger partial charge on any atom is 0.157 e. The maximum atomic E-state index is 5.81. The largest absolute Gasteiger partial charge is 0.482 e. The third kappa shape index (κ3) is 3.17. The van der Waals surface area contributed by atoms with E-state index in [1.54, 1.807) is 10.9 Å². The molecule has 0 aromatic carbocycles. The van der Waals surface area contributed by atoms with Crippen LogP contribution in [0.5, 0.6) is 5.75 Å². The summed E-state index contributed by atoms with van der Waals surface area (Å²) in [6, 6.07) is 2.74. The van der Waals surface area contributed by atoms with Crippen molar-refractivity contribution in [2.45, 2.75) is 39.0 Å². The topological polar surface area (TPSA) is 52.2 Å². The molecule has 1 N–H and O–H groups in total. The highest BCUT2D eigenvalue weighted by Crippen LogP contribution is 2.21. The first-order chi connectivity index (χ1) is 9.20. The van der Waals surface area contributed by atoms with E-state index >= 15 is 0 Å². The number of aryl methyl sites for hydroxylation is 2. The average Bonchev–Trinajstić information content (AvgIpc) is 3.02. The first kappa shape index (κ1) is 12.3. The number of aromatic nitrogens is 2. The molecule has 0 aliphatic heterocycles. The molecule has 0 amide bonds. The second-order valence-electron chi connectivity index (χ2n) is 5.11. The van der Waals surface area contributed by atoms with Crippen molar-refractivity contribution >= 4 is 0 Å². The van der Waals surface area contributed by atoms with Gasteiger partial charge in [0.25, 0.3) is 0 Å². The van der Waals surface area contributed by atoms with Gasteiger partial charge in [-0.25, -0.2) is 0 Å². The molecule has 2 aromatic rings. The van der Waals surface area contributed by atoms with Crippen LogP contribution in [0.1, 0.15) is 29.9 Å². The first-order valence-corrected chi connectivity index (χ1v) is 6.64. The molecule has 3 rings (SSSR count). The molecule has 0 radical (unpaired) electrons. The number of ether oxygens (including phenoxy) is 1. The molecule has 1 fully saturated rings. The Morgan fingerprint density at radius 3 is 3.05 bits per heavy atom. The van der Waals surface area contributed by atoms with Crippen LogP contribution in [-0.2, 0) is 20.2 Å². The van der Waals surface area contributed by atoms with Crippen LogP contribution in [0.4, 0.5) is 0 Å². The van der Waals surface area contributed by atoms with E-state index in [4.69, 9.17) is 9.15 Å². The monoisotopic (exact) mass is 261 g/mol. The number of nitrogens with one attached hydrogen (secondary N) is 1. The van der Waals surface area contributed by atoms with Crippen LogP contribution in [0, 0.1) is 6.92 Å². The molecule has 102 valence electrons. The summed E-state index contributed by atoms with van der Waals surface area (Å²) >= 11 is 0. The van der Waals surface area contributed by atoms with Crippen LogP contribution in [-0.4, -0.2) is 15.8 Å². The van der Waals surface area contributed by atoms with Gasteiger partial charge in [0.05, 0.1) is 18.9 Å². The predicted molar refractivity (Wildman–Crippen MR) is 70.8 cm³/mol. The van der Waals surface area contributed by atoms with E-state index in [0.29, 0.717) is 12.6 Å². The zero-order valence-corrected chi connectivity index (χ0v) is 11.3. The maximum absolute atomic E-state index is 5.81. The second-order valence-corrected chi connectivity index (χ2v) is 5.11. The molecule has 2 aromatic heterocycles. The lowest BCUT2D eigenvalue weighted by atomic mass is 10.2. The smallest absolute Gasteiger partial charge is 0.157 e. The zero-order valence-electron chi connectivity index (χ0n) is 11.3. The van der Waals surface area contributed by atoms with E-state index in [-0.39, 0.29) is 0 Å². The van der Waals surface area contributed by atoms with Crippen molar-refractivity contribution in [3.8, 4) is 5.75 Å². The third-order valence-electron chi connectivity index (χ3n) is 3.26. The van der Waals surface area contributed by atoms with E-state index in [9.17, 15) is 0 Å². The fourth-order valence-corrected chi connectivity index (χ4v) is 1.99. The van der Waals surface area contributed by atoms with Gasteiger partial charge in [-0.05, 0) is 31.4 Å². The Balaban J connectivity index is 1.56. The summed E-state index contributed by atoms with van der Waals surface area (Å²) in [5.74, 6) is 2.62. The minimum Gasteiger partial charge on any atom is -0.482 e. The van der Waals surface area contributed by atoms with Crippen LogP contribution in [0.25, 0.3) is 0 Å². The highest BCUT2D eigenvalue weighted by atomic mass is 16.5. The summed E-state index contributed by atoms with van der Waals surface area (Å²) in [5.41, 5.74) is 1.18. The Hall–Kier alpha value is -1.75. The number of hydrogen-bond donors (Lipinski definition) is 1. The molecule has 2 heterocycles. The molecular weight excluding hydrogens is 242 g/mol. The normalized spacial score (nSPS) is 14.8. The third-order valence-corrected chi connectivity index (χ3v) is 3.26. The van der Waals surface area contributed by atoms with Crippen molar-refractivity contribution in [1.29, 1.82) is 0 Å². The minimum atomic E-state index is 0.440. The number of nitrogens with zero attached hydrogens (tertiary/aromatic N) is 2. The number of hydrogen-bond acceptors (Lipinski definition) is 4. The van der Waals surface area contributed by atoms with Crippen molar-refractivity contribution in [3.05, 3.63) is 35.5 Å². The van der Waals surface area contributed by atoms with Gasteiger partial charge in [0, 0.05) is 13.1 Å². The SMILES string of the molecule is Cc1cc(COc2cnn(C)c2)oc1CNC1CC1. The fraction of sp³-hybridized carbons (Fsp3) is 0.500. The van der Waals surface area contributed by atoms with E-state index in [0.717, 1.165) is 23.8 Å². The van der Waals surface area contributed by atoms with Crippen molar-refractivity contribution in [2.75, 3.05) is 0 Å². The lowest BCUT2D eigenvalue weighted by Crippen LogP contribution is -2.15. The molecule has 0 atom stereocenters. The molecule has 1 aliphatic rings. The van der Waals surface area contributed by atoms with Crippen molar-refractivity contribution in [1.82, 2.24) is 15.1 Å². The van der Waals surface area contributed by atoms with Gasteiger partial charge in [0.2, 0.25) is 0 Å². The molecule has 5 heteroatoms. The van der Waals surface area contributed by atoms with Gasteiger partial charge in [-0.2, -0.15) is 5.10 Å². The Morgan fingerprint density at radius 2 is 2.37 bits per heavy atom. The highest BCUT2D eigenvalue weighted by molar-refractivity contribution is 5.20. The van der Waals surface area contributed by atoms with E-state index in [1.165, 1.54) is 18.4 Å². The summed E-state index contributed by atoms with van der Waals surface area (Å²) in [7, 11) is 1.87. The molecular formula is C14H19N3O2. The Kier molecular flexibility index (Phi) is 3.29. The van der Waals surface area contributed by atoms with Crippen molar-refractivity contribution in [2.24, 2.45) is 7.05 Å². The zero-order chi connectivity index (χ0) is 13.2. The summed E-state index contributed by atoms with van der Waals surface area (Å²) in [4.78, 5) is 0. The molecule has 0 saturated heterocycles.